The molecule has 1 saturated heterocycles. The lowest BCUT2D eigenvalue weighted by Gasteiger charge is -2.34. The van der Waals surface area contributed by atoms with Crippen molar-refractivity contribution in [3.05, 3.63) is 106 Å². The van der Waals surface area contributed by atoms with Crippen LogP contribution in [0.4, 0.5) is 0 Å². The monoisotopic (exact) mass is 521 g/mol. The van der Waals surface area contributed by atoms with E-state index in [4.69, 9.17) is 17.3 Å². The van der Waals surface area contributed by atoms with Gasteiger partial charge in [0.2, 0.25) is 5.91 Å². The van der Waals surface area contributed by atoms with E-state index in [0.29, 0.717) is 36.5 Å². The highest BCUT2D eigenvalue weighted by Gasteiger charge is 2.47. The molecule has 192 valence electrons. The van der Waals surface area contributed by atoms with E-state index in [1.165, 1.54) is 29.2 Å². The molecule has 1 aliphatic rings. The van der Waals surface area contributed by atoms with Crippen LogP contribution >= 0.6 is 11.6 Å². The molecule has 4 rings (SSSR count). The molecule has 5 N–H and O–H groups in total. The van der Waals surface area contributed by atoms with Gasteiger partial charge < -0.3 is 26.2 Å². The van der Waals surface area contributed by atoms with Gasteiger partial charge in [-0.05, 0) is 59.4 Å². The van der Waals surface area contributed by atoms with Crippen molar-refractivity contribution in [3.63, 3.8) is 0 Å². The summed E-state index contributed by atoms with van der Waals surface area (Å²) < 4.78 is 0. The normalized spacial score (nSPS) is 16.7. The van der Waals surface area contributed by atoms with Crippen LogP contribution in [-0.4, -0.2) is 45.5 Å². The molecule has 9 heteroatoms. The number of benzene rings is 3. The zero-order valence-electron chi connectivity index (χ0n) is 20.1. The Bertz CT molecular complexity index is 1300. The third kappa shape index (κ3) is 5.36. The van der Waals surface area contributed by atoms with Crippen LogP contribution in [0.1, 0.15) is 45.5 Å². The van der Waals surface area contributed by atoms with Crippen LogP contribution in [0.2, 0.25) is 5.02 Å². The van der Waals surface area contributed by atoms with Gasteiger partial charge in [0, 0.05) is 24.7 Å². The molecule has 0 aromatic heterocycles. The van der Waals surface area contributed by atoms with Crippen molar-refractivity contribution in [2.24, 2.45) is 5.73 Å². The van der Waals surface area contributed by atoms with E-state index in [0.717, 1.165) is 11.1 Å². The zero-order valence-corrected chi connectivity index (χ0v) is 20.8. The molecule has 3 aromatic carbocycles. The van der Waals surface area contributed by atoms with Crippen molar-refractivity contribution in [3.8, 4) is 0 Å². The summed E-state index contributed by atoms with van der Waals surface area (Å²) in [5.74, 6) is -2.11. The van der Waals surface area contributed by atoms with Crippen molar-refractivity contribution in [2.75, 3.05) is 6.54 Å². The van der Waals surface area contributed by atoms with E-state index in [1.807, 2.05) is 6.07 Å². The summed E-state index contributed by atoms with van der Waals surface area (Å²) in [7, 11) is 0. The fourth-order valence-corrected chi connectivity index (χ4v) is 4.89. The third-order valence-electron chi connectivity index (χ3n) is 6.71. The van der Waals surface area contributed by atoms with Crippen LogP contribution in [-0.2, 0) is 28.3 Å². The summed E-state index contributed by atoms with van der Waals surface area (Å²) in [5, 5.41) is 24.6. The van der Waals surface area contributed by atoms with Crippen LogP contribution in [0.25, 0.3) is 0 Å². The second kappa shape index (κ2) is 11.1. The van der Waals surface area contributed by atoms with Crippen molar-refractivity contribution in [1.29, 1.82) is 0 Å². The van der Waals surface area contributed by atoms with E-state index < -0.39 is 23.5 Å². The van der Waals surface area contributed by atoms with E-state index in [-0.39, 0.29) is 23.6 Å². The van der Waals surface area contributed by atoms with Crippen LogP contribution in [0, 0.1) is 0 Å². The Morgan fingerprint density at radius 3 is 2.32 bits per heavy atom. The largest absolute Gasteiger partial charge is 0.478 e. The molecule has 1 heterocycles. The molecule has 0 radical (unpaired) electrons. The van der Waals surface area contributed by atoms with Crippen molar-refractivity contribution >= 4 is 29.4 Å². The molecule has 3 aromatic rings. The van der Waals surface area contributed by atoms with Crippen LogP contribution in [0.15, 0.2) is 72.8 Å². The number of halogens is 1. The first-order chi connectivity index (χ1) is 17.8. The van der Waals surface area contributed by atoms with E-state index in [2.05, 4.69) is 5.32 Å². The number of hydrogen-bond acceptors (Lipinski definition) is 5. The molecule has 8 nitrogen and oxygen atoms in total. The van der Waals surface area contributed by atoms with Crippen molar-refractivity contribution < 1.29 is 24.6 Å². The van der Waals surface area contributed by atoms with E-state index in [1.54, 1.807) is 42.5 Å². The highest BCUT2D eigenvalue weighted by Crippen LogP contribution is 2.34. The molecule has 2 atom stereocenters. The number of hydrogen-bond donors (Lipinski definition) is 4. The minimum Gasteiger partial charge on any atom is -0.478 e. The Labute approximate surface area is 219 Å². The Kier molecular flexibility index (Phi) is 7.92. The maximum Gasteiger partial charge on any atom is 0.335 e. The highest BCUT2D eigenvalue weighted by molar-refractivity contribution is 6.30. The number of aliphatic hydroxyl groups is 1. The minimum atomic E-state index is -2.11. The predicted molar refractivity (Wildman–Crippen MR) is 139 cm³/mol. The predicted octanol–water partition coefficient (Wildman–Crippen LogP) is 3.04. The number of nitrogens with two attached hydrogens (primary N) is 1. The SMILES string of the molecule is NCc1ccc(Cl)cc1CNC(=O)C1CCCN1C(=O)C(O)(c1ccccc1)c1ccc(C(=O)O)cc1. The topological polar surface area (TPSA) is 133 Å². The standard InChI is InChI=1S/C28H28ClN3O5/c29-23-13-10-19(16-30)20(15-23)17-31-25(33)24-7-4-14-32(24)27(36)28(37,21-5-2-1-3-6-21)22-11-8-18(9-12-22)26(34)35/h1-3,5-6,8-13,15,24,37H,4,7,14,16-17,30H2,(H,31,33)(H,34,35). The summed E-state index contributed by atoms with van der Waals surface area (Å²) >= 11 is 6.11. The molecule has 0 aliphatic carbocycles. The summed E-state index contributed by atoms with van der Waals surface area (Å²) in [6, 6.07) is 18.5. The van der Waals surface area contributed by atoms with Gasteiger partial charge in [-0.25, -0.2) is 4.79 Å². The maximum absolute atomic E-state index is 14.0. The fourth-order valence-electron chi connectivity index (χ4n) is 4.70. The average molecular weight is 522 g/mol. The van der Waals surface area contributed by atoms with Gasteiger partial charge in [-0.15, -0.1) is 0 Å². The van der Waals surface area contributed by atoms with Gasteiger partial charge in [0.1, 0.15) is 6.04 Å². The lowest BCUT2D eigenvalue weighted by molar-refractivity contribution is -0.152. The quantitative estimate of drug-likeness (QED) is 0.360. The van der Waals surface area contributed by atoms with Gasteiger partial charge >= 0.3 is 5.97 Å². The number of nitrogens with one attached hydrogen (secondary N) is 1. The zero-order chi connectivity index (χ0) is 26.6. The Hall–Kier alpha value is -3.72. The number of likely N-dealkylation sites (tertiary alicyclic amines) is 1. The fraction of sp³-hybridized carbons (Fsp3) is 0.250. The summed E-state index contributed by atoms with van der Waals surface area (Å²) in [5.41, 5.74) is 5.90. The number of carbonyl (C=O) groups is 3. The first-order valence-electron chi connectivity index (χ1n) is 11.9. The number of nitrogens with zero attached hydrogens (tertiary/aromatic N) is 1. The van der Waals surface area contributed by atoms with Gasteiger partial charge in [-0.1, -0.05) is 60.1 Å². The maximum atomic E-state index is 14.0. The van der Waals surface area contributed by atoms with E-state index >= 15 is 0 Å². The number of carboxylic acids is 1. The Balaban J connectivity index is 1.61. The molecular formula is C28H28ClN3O5. The van der Waals surface area contributed by atoms with Gasteiger partial charge in [-0.3, -0.25) is 9.59 Å². The van der Waals surface area contributed by atoms with Crippen LogP contribution < -0.4 is 11.1 Å². The molecule has 37 heavy (non-hydrogen) atoms. The summed E-state index contributed by atoms with van der Waals surface area (Å²) in [4.78, 5) is 39.9. The number of amides is 2. The van der Waals surface area contributed by atoms with Crippen molar-refractivity contribution in [1.82, 2.24) is 10.2 Å². The molecular weight excluding hydrogens is 494 g/mol. The van der Waals surface area contributed by atoms with Gasteiger partial charge in [0.25, 0.3) is 5.91 Å². The van der Waals surface area contributed by atoms with Gasteiger partial charge in [0.15, 0.2) is 5.60 Å². The Morgan fingerprint density at radius 1 is 1.00 bits per heavy atom. The van der Waals surface area contributed by atoms with E-state index in [9.17, 15) is 24.6 Å². The van der Waals surface area contributed by atoms with Crippen LogP contribution in [0.3, 0.4) is 0 Å². The van der Waals surface area contributed by atoms with Crippen molar-refractivity contribution in [2.45, 2.75) is 37.6 Å². The summed E-state index contributed by atoms with van der Waals surface area (Å²) in [6.07, 6.45) is 1.04. The number of carbonyl (C=O) groups excluding carboxylic acids is 2. The molecule has 0 spiro atoms. The molecule has 1 aliphatic heterocycles. The number of aromatic carboxylic acids is 1. The molecule has 2 amide bonds. The second-order valence-electron chi connectivity index (χ2n) is 8.95. The number of rotatable bonds is 8. The summed E-state index contributed by atoms with van der Waals surface area (Å²) in [6.45, 7) is 0.787. The first kappa shape index (κ1) is 26.3. The third-order valence-corrected chi connectivity index (χ3v) is 6.94. The van der Waals surface area contributed by atoms with Gasteiger partial charge in [0.05, 0.1) is 5.56 Å². The first-order valence-corrected chi connectivity index (χ1v) is 12.3. The smallest absolute Gasteiger partial charge is 0.335 e. The molecule has 0 saturated carbocycles. The molecule has 2 unspecified atom stereocenters. The molecule has 0 bridgehead atoms. The number of carboxylic acid groups (broad SMARTS) is 1. The van der Waals surface area contributed by atoms with Crippen LogP contribution in [0.5, 0.6) is 0 Å². The average Bonchev–Trinajstić information content (AvgIpc) is 3.41. The second-order valence-corrected chi connectivity index (χ2v) is 9.39. The van der Waals surface area contributed by atoms with Gasteiger partial charge in [-0.2, -0.15) is 0 Å². The lowest BCUT2D eigenvalue weighted by Crippen LogP contribution is -2.53. The highest BCUT2D eigenvalue weighted by atomic mass is 35.5. The lowest BCUT2D eigenvalue weighted by atomic mass is 9.84. The molecule has 1 fully saturated rings. The minimum absolute atomic E-state index is 0.0305. The Morgan fingerprint density at radius 2 is 1.68 bits per heavy atom.